The number of benzene rings is 1. The predicted molar refractivity (Wildman–Crippen MR) is 76.7 cm³/mol. The number of rotatable bonds is 3. The first-order valence-electron chi connectivity index (χ1n) is 6.96. The number of amides is 1. The summed E-state index contributed by atoms with van der Waals surface area (Å²) in [6.07, 6.45) is 0. The minimum Gasteiger partial charge on any atom is -0.338 e. The quantitative estimate of drug-likeness (QED) is 0.890. The Bertz CT molecular complexity index is 421. The zero-order chi connectivity index (χ0) is 13.8. The third kappa shape index (κ3) is 3.14. The molecule has 0 saturated carbocycles. The van der Waals surface area contributed by atoms with E-state index in [1.165, 1.54) is 0 Å². The molecule has 1 aliphatic rings. The fourth-order valence-corrected chi connectivity index (χ4v) is 2.66. The van der Waals surface area contributed by atoms with Gasteiger partial charge in [-0.3, -0.25) is 9.69 Å². The normalized spacial score (nSPS) is 22.3. The van der Waals surface area contributed by atoms with Crippen LogP contribution >= 0.6 is 0 Å². The van der Waals surface area contributed by atoms with Crippen molar-refractivity contribution in [3.63, 3.8) is 0 Å². The highest BCUT2D eigenvalue weighted by Gasteiger charge is 2.28. The SMILES string of the molecule is CCN1CCN(C(=O)[C@H](N)c2ccccc2)CC1C. The van der Waals surface area contributed by atoms with Crippen LogP contribution in [0.2, 0.25) is 0 Å². The fraction of sp³-hybridized carbons (Fsp3) is 0.533. The summed E-state index contributed by atoms with van der Waals surface area (Å²) in [5, 5.41) is 0. The van der Waals surface area contributed by atoms with Crippen molar-refractivity contribution >= 4 is 5.91 Å². The monoisotopic (exact) mass is 261 g/mol. The van der Waals surface area contributed by atoms with E-state index in [0.717, 1.165) is 31.7 Å². The molecule has 1 aliphatic heterocycles. The molecule has 1 fully saturated rings. The van der Waals surface area contributed by atoms with Gasteiger partial charge in [0.25, 0.3) is 0 Å². The van der Waals surface area contributed by atoms with Gasteiger partial charge in [0.2, 0.25) is 5.91 Å². The van der Waals surface area contributed by atoms with Gasteiger partial charge in [-0.1, -0.05) is 37.3 Å². The summed E-state index contributed by atoms with van der Waals surface area (Å²) in [6.45, 7) is 7.84. The van der Waals surface area contributed by atoms with Gasteiger partial charge in [-0.25, -0.2) is 0 Å². The van der Waals surface area contributed by atoms with E-state index >= 15 is 0 Å². The van der Waals surface area contributed by atoms with Crippen LogP contribution < -0.4 is 5.73 Å². The molecular weight excluding hydrogens is 238 g/mol. The second-order valence-corrected chi connectivity index (χ2v) is 5.15. The molecule has 1 saturated heterocycles. The molecule has 0 radical (unpaired) electrons. The highest BCUT2D eigenvalue weighted by atomic mass is 16.2. The zero-order valence-electron chi connectivity index (χ0n) is 11.7. The summed E-state index contributed by atoms with van der Waals surface area (Å²) in [5.74, 6) is 0.0359. The van der Waals surface area contributed by atoms with Crippen molar-refractivity contribution in [1.29, 1.82) is 0 Å². The molecule has 2 rings (SSSR count). The topological polar surface area (TPSA) is 49.6 Å². The lowest BCUT2D eigenvalue weighted by atomic mass is 10.1. The van der Waals surface area contributed by atoms with E-state index in [9.17, 15) is 4.79 Å². The summed E-state index contributed by atoms with van der Waals surface area (Å²) in [4.78, 5) is 16.7. The van der Waals surface area contributed by atoms with E-state index in [1.807, 2.05) is 35.2 Å². The Labute approximate surface area is 115 Å². The van der Waals surface area contributed by atoms with E-state index in [2.05, 4.69) is 18.7 Å². The molecule has 1 aromatic carbocycles. The van der Waals surface area contributed by atoms with Crippen molar-refractivity contribution in [2.24, 2.45) is 5.73 Å². The standard InChI is InChI=1S/C15H23N3O/c1-3-17-9-10-18(11-12(17)2)15(19)14(16)13-7-5-4-6-8-13/h4-8,12,14H,3,9-11,16H2,1-2H3/t12?,14-/m1/s1. The molecule has 1 unspecified atom stereocenters. The molecule has 0 bridgehead atoms. The van der Waals surface area contributed by atoms with Gasteiger partial charge < -0.3 is 10.6 Å². The van der Waals surface area contributed by atoms with E-state index in [0.29, 0.717) is 6.04 Å². The molecule has 0 aromatic heterocycles. The average Bonchev–Trinajstić information content (AvgIpc) is 2.46. The van der Waals surface area contributed by atoms with Crippen LogP contribution in [0.1, 0.15) is 25.5 Å². The third-order valence-corrected chi connectivity index (χ3v) is 3.91. The molecule has 19 heavy (non-hydrogen) atoms. The smallest absolute Gasteiger partial charge is 0.244 e. The number of hydrogen-bond donors (Lipinski definition) is 1. The van der Waals surface area contributed by atoms with Crippen molar-refractivity contribution in [2.45, 2.75) is 25.9 Å². The maximum atomic E-state index is 12.4. The zero-order valence-corrected chi connectivity index (χ0v) is 11.7. The molecule has 0 aliphatic carbocycles. The molecule has 0 spiro atoms. The first-order valence-corrected chi connectivity index (χ1v) is 6.96. The second-order valence-electron chi connectivity index (χ2n) is 5.15. The number of likely N-dealkylation sites (N-methyl/N-ethyl adjacent to an activating group) is 1. The summed E-state index contributed by atoms with van der Waals surface area (Å²) in [5.41, 5.74) is 6.96. The van der Waals surface area contributed by atoms with Gasteiger partial charge in [0.05, 0.1) is 0 Å². The Morgan fingerprint density at radius 3 is 2.63 bits per heavy atom. The Kier molecular flexibility index (Phi) is 4.56. The van der Waals surface area contributed by atoms with E-state index in [4.69, 9.17) is 5.73 Å². The van der Waals surface area contributed by atoms with Gasteiger partial charge in [-0.05, 0) is 19.0 Å². The van der Waals surface area contributed by atoms with Crippen LogP contribution in [0.4, 0.5) is 0 Å². The van der Waals surface area contributed by atoms with Crippen LogP contribution in [-0.4, -0.2) is 47.9 Å². The predicted octanol–water partition coefficient (Wildman–Crippen LogP) is 1.24. The van der Waals surface area contributed by atoms with E-state index in [1.54, 1.807) is 0 Å². The van der Waals surface area contributed by atoms with Gasteiger partial charge in [-0.15, -0.1) is 0 Å². The molecule has 1 amide bonds. The lowest BCUT2D eigenvalue weighted by molar-refractivity contribution is -0.135. The molecule has 4 heteroatoms. The van der Waals surface area contributed by atoms with Gasteiger partial charge >= 0.3 is 0 Å². The Hall–Kier alpha value is -1.39. The molecule has 2 N–H and O–H groups in total. The Balaban J connectivity index is 2.01. The number of nitrogens with zero attached hydrogens (tertiary/aromatic N) is 2. The first kappa shape index (κ1) is 14.0. The first-order chi connectivity index (χ1) is 9.13. The highest BCUT2D eigenvalue weighted by Crippen LogP contribution is 2.16. The summed E-state index contributed by atoms with van der Waals surface area (Å²) in [7, 11) is 0. The minimum atomic E-state index is -0.540. The Morgan fingerprint density at radius 1 is 1.37 bits per heavy atom. The van der Waals surface area contributed by atoms with Crippen LogP contribution in [0.3, 0.4) is 0 Å². The lowest BCUT2D eigenvalue weighted by Crippen LogP contribution is -2.55. The second kappa shape index (κ2) is 6.17. The average molecular weight is 261 g/mol. The molecule has 1 heterocycles. The van der Waals surface area contributed by atoms with Crippen LogP contribution in [-0.2, 0) is 4.79 Å². The van der Waals surface area contributed by atoms with Crippen molar-refractivity contribution in [1.82, 2.24) is 9.80 Å². The maximum Gasteiger partial charge on any atom is 0.244 e. The maximum absolute atomic E-state index is 12.4. The molecule has 1 aromatic rings. The van der Waals surface area contributed by atoms with Gasteiger partial charge in [0.1, 0.15) is 6.04 Å². The lowest BCUT2D eigenvalue weighted by Gasteiger charge is -2.40. The van der Waals surface area contributed by atoms with Gasteiger partial charge in [-0.2, -0.15) is 0 Å². The van der Waals surface area contributed by atoms with E-state index in [-0.39, 0.29) is 5.91 Å². The Morgan fingerprint density at radius 2 is 2.05 bits per heavy atom. The van der Waals surface area contributed by atoms with Crippen LogP contribution in [0.25, 0.3) is 0 Å². The molecule has 104 valence electrons. The largest absolute Gasteiger partial charge is 0.338 e. The summed E-state index contributed by atoms with van der Waals surface area (Å²) in [6, 6.07) is 9.46. The summed E-state index contributed by atoms with van der Waals surface area (Å²) < 4.78 is 0. The minimum absolute atomic E-state index is 0.0359. The van der Waals surface area contributed by atoms with Crippen LogP contribution in [0, 0.1) is 0 Å². The van der Waals surface area contributed by atoms with Gasteiger partial charge in [0, 0.05) is 25.7 Å². The molecule has 2 atom stereocenters. The number of nitrogens with two attached hydrogens (primary N) is 1. The summed E-state index contributed by atoms with van der Waals surface area (Å²) >= 11 is 0. The number of carbonyl (C=O) groups excluding carboxylic acids is 1. The molecular formula is C15H23N3O. The van der Waals surface area contributed by atoms with Gasteiger partial charge in [0.15, 0.2) is 0 Å². The third-order valence-electron chi connectivity index (χ3n) is 3.91. The van der Waals surface area contributed by atoms with Crippen molar-refractivity contribution in [3.8, 4) is 0 Å². The highest BCUT2D eigenvalue weighted by molar-refractivity contribution is 5.83. The fourth-order valence-electron chi connectivity index (χ4n) is 2.66. The number of carbonyl (C=O) groups is 1. The number of piperazine rings is 1. The number of hydrogen-bond acceptors (Lipinski definition) is 3. The van der Waals surface area contributed by atoms with Crippen molar-refractivity contribution < 1.29 is 4.79 Å². The van der Waals surface area contributed by atoms with Crippen LogP contribution in [0.15, 0.2) is 30.3 Å². The van der Waals surface area contributed by atoms with Crippen molar-refractivity contribution in [2.75, 3.05) is 26.2 Å². The molecule has 4 nitrogen and oxygen atoms in total. The van der Waals surface area contributed by atoms with Crippen LogP contribution in [0.5, 0.6) is 0 Å². The van der Waals surface area contributed by atoms with E-state index < -0.39 is 6.04 Å². The van der Waals surface area contributed by atoms with Crippen molar-refractivity contribution in [3.05, 3.63) is 35.9 Å².